The van der Waals surface area contributed by atoms with Crippen LogP contribution in [-0.4, -0.2) is 46.1 Å². The maximum atomic E-state index is 5.74. The van der Waals surface area contributed by atoms with Gasteiger partial charge in [0.25, 0.3) is 0 Å². The zero-order valence-corrected chi connectivity index (χ0v) is 14.7. The molecule has 120 valence electrons. The molecule has 0 radical (unpaired) electrons. The van der Waals surface area contributed by atoms with Crippen molar-refractivity contribution in [1.82, 2.24) is 0 Å². The summed E-state index contributed by atoms with van der Waals surface area (Å²) in [6.07, 6.45) is 0.870. The Kier molecular flexibility index (Phi) is 9.67. The number of nitrogens with two attached hydrogens (primary N) is 1. The third kappa shape index (κ3) is 6.78. The normalized spacial score (nSPS) is 10.9. The third-order valence-corrected chi connectivity index (χ3v) is 3.71. The molecular weight excluding hydrogens is 332 g/mol. The molecule has 0 bridgehead atoms. The molecule has 0 aliphatic heterocycles. The number of halogens is 1. The maximum Gasteiger partial charge on any atom is 0.0641 e. The summed E-state index contributed by atoms with van der Waals surface area (Å²) in [7, 11) is 0. The molecule has 1 aromatic carbocycles. The Morgan fingerprint density at radius 2 is 1.71 bits per heavy atom. The van der Waals surface area contributed by atoms with Gasteiger partial charge in [-0.25, -0.2) is 0 Å². The van der Waals surface area contributed by atoms with Gasteiger partial charge in [-0.3, -0.25) is 0 Å². The van der Waals surface area contributed by atoms with Crippen molar-refractivity contribution in [2.75, 3.05) is 51.0 Å². The average molecular weight is 359 g/mol. The van der Waals surface area contributed by atoms with Gasteiger partial charge in [-0.2, -0.15) is 0 Å². The summed E-state index contributed by atoms with van der Waals surface area (Å²) in [5.41, 5.74) is 8.23. The molecule has 1 rings (SSSR count). The second-order valence-corrected chi connectivity index (χ2v) is 5.61. The quantitative estimate of drug-likeness (QED) is 0.618. The fraction of sp³-hybridized carbons (Fsp3) is 0.625. The summed E-state index contributed by atoms with van der Waals surface area (Å²) in [6, 6.07) is 6.37. The number of anilines is 1. The van der Waals surface area contributed by atoms with E-state index in [0.29, 0.717) is 6.54 Å². The number of ether oxygens (including phenoxy) is 2. The van der Waals surface area contributed by atoms with Crippen LogP contribution in [0.5, 0.6) is 0 Å². The van der Waals surface area contributed by atoms with Gasteiger partial charge in [0.2, 0.25) is 0 Å². The number of benzene rings is 1. The SMILES string of the molecule is CCOCCN(CCOCC)c1ccc(Br)cc1CCN. The summed E-state index contributed by atoms with van der Waals surface area (Å²) in [5.74, 6) is 0. The van der Waals surface area contributed by atoms with Crippen LogP contribution in [-0.2, 0) is 15.9 Å². The van der Waals surface area contributed by atoms with Gasteiger partial charge in [-0.15, -0.1) is 0 Å². The lowest BCUT2D eigenvalue weighted by atomic mass is 10.1. The van der Waals surface area contributed by atoms with E-state index in [-0.39, 0.29) is 0 Å². The van der Waals surface area contributed by atoms with E-state index in [1.165, 1.54) is 11.3 Å². The maximum absolute atomic E-state index is 5.74. The Balaban J connectivity index is 2.83. The molecule has 0 fully saturated rings. The van der Waals surface area contributed by atoms with Gasteiger partial charge >= 0.3 is 0 Å². The third-order valence-electron chi connectivity index (χ3n) is 3.22. The van der Waals surface area contributed by atoms with Crippen LogP contribution < -0.4 is 10.6 Å². The van der Waals surface area contributed by atoms with E-state index in [1.54, 1.807) is 0 Å². The van der Waals surface area contributed by atoms with Crippen molar-refractivity contribution >= 4 is 21.6 Å². The predicted molar refractivity (Wildman–Crippen MR) is 92.1 cm³/mol. The van der Waals surface area contributed by atoms with Crippen LogP contribution in [0.1, 0.15) is 19.4 Å². The van der Waals surface area contributed by atoms with E-state index < -0.39 is 0 Å². The summed E-state index contributed by atoms with van der Waals surface area (Å²) in [4.78, 5) is 2.32. The molecule has 0 heterocycles. The highest BCUT2D eigenvalue weighted by Gasteiger charge is 2.11. The molecule has 0 amide bonds. The molecule has 0 atom stereocenters. The zero-order chi connectivity index (χ0) is 15.5. The lowest BCUT2D eigenvalue weighted by Crippen LogP contribution is -2.32. The van der Waals surface area contributed by atoms with Crippen LogP contribution in [0.15, 0.2) is 22.7 Å². The smallest absolute Gasteiger partial charge is 0.0641 e. The van der Waals surface area contributed by atoms with Crippen molar-refractivity contribution in [2.24, 2.45) is 5.73 Å². The minimum atomic E-state index is 0.647. The van der Waals surface area contributed by atoms with Crippen molar-refractivity contribution < 1.29 is 9.47 Å². The Labute approximate surface area is 136 Å². The lowest BCUT2D eigenvalue weighted by Gasteiger charge is -2.27. The van der Waals surface area contributed by atoms with Gasteiger partial charge in [-0.05, 0) is 50.6 Å². The number of hydrogen-bond acceptors (Lipinski definition) is 4. The average Bonchev–Trinajstić information content (AvgIpc) is 2.47. The summed E-state index contributed by atoms with van der Waals surface area (Å²) >= 11 is 3.53. The van der Waals surface area contributed by atoms with Gasteiger partial charge in [0.05, 0.1) is 13.2 Å². The molecule has 21 heavy (non-hydrogen) atoms. The molecule has 2 N–H and O–H groups in total. The van der Waals surface area contributed by atoms with E-state index >= 15 is 0 Å². The van der Waals surface area contributed by atoms with Crippen LogP contribution in [0.3, 0.4) is 0 Å². The Morgan fingerprint density at radius 1 is 1.10 bits per heavy atom. The van der Waals surface area contributed by atoms with Crippen molar-refractivity contribution in [1.29, 1.82) is 0 Å². The van der Waals surface area contributed by atoms with E-state index in [2.05, 4.69) is 39.0 Å². The van der Waals surface area contributed by atoms with Gasteiger partial charge < -0.3 is 20.1 Å². The fourth-order valence-electron chi connectivity index (χ4n) is 2.21. The first-order valence-electron chi connectivity index (χ1n) is 7.61. The molecule has 0 aliphatic carbocycles. The van der Waals surface area contributed by atoms with E-state index in [4.69, 9.17) is 15.2 Å². The Morgan fingerprint density at radius 3 is 2.24 bits per heavy atom. The van der Waals surface area contributed by atoms with Gasteiger partial charge in [0.15, 0.2) is 0 Å². The highest BCUT2D eigenvalue weighted by atomic mass is 79.9. The number of nitrogens with zero attached hydrogens (tertiary/aromatic N) is 1. The Bertz CT molecular complexity index is 392. The largest absolute Gasteiger partial charge is 0.380 e. The topological polar surface area (TPSA) is 47.7 Å². The molecule has 0 saturated carbocycles. The Hall–Kier alpha value is -0.620. The van der Waals surface area contributed by atoms with Crippen molar-refractivity contribution in [3.8, 4) is 0 Å². The highest BCUT2D eigenvalue weighted by Crippen LogP contribution is 2.25. The van der Waals surface area contributed by atoms with E-state index in [1.807, 2.05) is 13.8 Å². The summed E-state index contributed by atoms with van der Waals surface area (Å²) < 4.78 is 12.1. The molecule has 5 heteroatoms. The summed E-state index contributed by atoms with van der Waals surface area (Å²) in [5, 5.41) is 0. The van der Waals surface area contributed by atoms with E-state index in [9.17, 15) is 0 Å². The summed E-state index contributed by atoms with van der Waals surface area (Å²) in [6.45, 7) is 9.34. The molecular formula is C16H27BrN2O2. The first-order valence-corrected chi connectivity index (χ1v) is 8.41. The van der Waals surface area contributed by atoms with Crippen LogP contribution in [0, 0.1) is 0 Å². The van der Waals surface area contributed by atoms with Gasteiger partial charge in [0, 0.05) is 36.5 Å². The molecule has 0 aliphatic rings. The molecule has 0 spiro atoms. The second-order valence-electron chi connectivity index (χ2n) is 4.69. The second kappa shape index (κ2) is 11.0. The van der Waals surface area contributed by atoms with Crippen molar-refractivity contribution in [3.63, 3.8) is 0 Å². The van der Waals surface area contributed by atoms with Gasteiger partial charge in [0.1, 0.15) is 0 Å². The standard InChI is InChI=1S/C16H27BrN2O2/c1-3-20-11-9-19(10-12-21-4-2)16-6-5-15(17)13-14(16)7-8-18/h5-6,13H,3-4,7-12,18H2,1-2H3. The van der Waals surface area contributed by atoms with Crippen LogP contribution in [0.2, 0.25) is 0 Å². The number of rotatable bonds is 11. The molecule has 1 aromatic rings. The minimum absolute atomic E-state index is 0.647. The highest BCUT2D eigenvalue weighted by molar-refractivity contribution is 9.10. The van der Waals surface area contributed by atoms with Crippen LogP contribution in [0.4, 0.5) is 5.69 Å². The predicted octanol–water partition coefficient (Wildman–Crippen LogP) is 2.83. The monoisotopic (exact) mass is 358 g/mol. The van der Waals surface area contributed by atoms with Crippen LogP contribution >= 0.6 is 15.9 Å². The molecule has 0 saturated heterocycles. The molecule has 4 nitrogen and oxygen atoms in total. The van der Waals surface area contributed by atoms with Gasteiger partial charge in [-0.1, -0.05) is 15.9 Å². The molecule has 0 aromatic heterocycles. The van der Waals surface area contributed by atoms with E-state index in [0.717, 1.165) is 50.4 Å². The first-order chi connectivity index (χ1) is 10.2. The zero-order valence-electron chi connectivity index (χ0n) is 13.1. The molecule has 0 unspecified atom stereocenters. The fourth-order valence-corrected chi connectivity index (χ4v) is 2.62. The number of hydrogen-bond donors (Lipinski definition) is 1. The van der Waals surface area contributed by atoms with Crippen LogP contribution in [0.25, 0.3) is 0 Å². The first kappa shape index (κ1) is 18.4. The minimum Gasteiger partial charge on any atom is -0.380 e. The lowest BCUT2D eigenvalue weighted by molar-refractivity contribution is 0.141. The van der Waals surface area contributed by atoms with Crippen molar-refractivity contribution in [2.45, 2.75) is 20.3 Å². The van der Waals surface area contributed by atoms with Crippen molar-refractivity contribution in [3.05, 3.63) is 28.2 Å².